The van der Waals surface area contributed by atoms with Gasteiger partial charge in [0.25, 0.3) is 0 Å². The third-order valence-corrected chi connectivity index (χ3v) is 3.13. The Hall–Kier alpha value is -1.31. The maximum atomic E-state index is 10.4. The SMILES string of the molecule is Cc1ccc(C)c([C@H](O)c2cccc(Cl)c2)c1. The molecule has 0 spiro atoms. The van der Waals surface area contributed by atoms with E-state index in [0.717, 1.165) is 22.3 Å². The molecule has 1 nitrogen and oxygen atoms in total. The molecule has 0 amide bonds. The summed E-state index contributed by atoms with van der Waals surface area (Å²) in [6.45, 7) is 4.02. The Morgan fingerprint density at radius 1 is 1.06 bits per heavy atom. The molecule has 17 heavy (non-hydrogen) atoms. The molecular weight excluding hydrogens is 232 g/mol. The molecule has 0 saturated heterocycles. The van der Waals surface area contributed by atoms with Crippen molar-refractivity contribution in [2.24, 2.45) is 0 Å². The molecule has 2 aromatic carbocycles. The summed E-state index contributed by atoms with van der Waals surface area (Å²) in [4.78, 5) is 0. The average Bonchev–Trinajstić information content (AvgIpc) is 2.31. The summed E-state index contributed by atoms with van der Waals surface area (Å²) in [6.07, 6.45) is -0.617. The standard InChI is InChI=1S/C15H15ClO/c1-10-6-7-11(2)14(8-10)15(17)12-4-3-5-13(16)9-12/h3-9,15,17H,1-2H3/t15-/m1/s1. The first-order chi connectivity index (χ1) is 8.08. The van der Waals surface area contributed by atoms with Crippen LogP contribution in [0.15, 0.2) is 42.5 Å². The molecule has 0 aliphatic rings. The fourth-order valence-corrected chi connectivity index (χ4v) is 2.11. The molecule has 2 heteroatoms. The third-order valence-electron chi connectivity index (χ3n) is 2.89. The maximum absolute atomic E-state index is 10.4. The second kappa shape index (κ2) is 4.91. The number of halogens is 1. The van der Waals surface area contributed by atoms with Gasteiger partial charge in [-0.05, 0) is 42.7 Å². The molecule has 0 aliphatic heterocycles. The average molecular weight is 247 g/mol. The van der Waals surface area contributed by atoms with Crippen LogP contribution in [-0.4, -0.2) is 5.11 Å². The molecule has 1 N–H and O–H groups in total. The van der Waals surface area contributed by atoms with E-state index in [1.165, 1.54) is 0 Å². The van der Waals surface area contributed by atoms with Crippen LogP contribution in [0.5, 0.6) is 0 Å². The molecular formula is C15H15ClO. The number of aryl methyl sites for hydroxylation is 2. The van der Waals surface area contributed by atoms with Gasteiger partial charge in [0.2, 0.25) is 0 Å². The molecule has 0 fully saturated rings. The summed E-state index contributed by atoms with van der Waals surface area (Å²) in [5, 5.41) is 11.0. The maximum Gasteiger partial charge on any atom is 0.104 e. The van der Waals surface area contributed by atoms with Gasteiger partial charge in [-0.2, -0.15) is 0 Å². The summed E-state index contributed by atoms with van der Waals surface area (Å²) in [5.74, 6) is 0. The van der Waals surface area contributed by atoms with Crippen LogP contribution < -0.4 is 0 Å². The number of aliphatic hydroxyl groups is 1. The van der Waals surface area contributed by atoms with E-state index >= 15 is 0 Å². The normalized spacial score (nSPS) is 12.5. The van der Waals surface area contributed by atoms with E-state index in [2.05, 4.69) is 0 Å². The summed E-state index contributed by atoms with van der Waals surface area (Å²) >= 11 is 5.94. The molecule has 88 valence electrons. The summed E-state index contributed by atoms with van der Waals surface area (Å²) in [5.41, 5.74) is 3.99. The molecule has 0 radical (unpaired) electrons. The number of aliphatic hydroxyl groups excluding tert-OH is 1. The highest BCUT2D eigenvalue weighted by molar-refractivity contribution is 6.30. The number of hydrogen-bond acceptors (Lipinski definition) is 1. The molecule has 0 heterocycles. The Morgan fingerprint density at radius 3 is 2.53 bits per heavy atom. The zero-order valence-electron chi connectivity index (χ0n) is 9.94. The van der Waals surface area contributed by atoms with Crippen molar-refractivity contribution in [3.63, 3.8) is 0 Å². The largest absolute Gasteiger partial charge is 0.384 e. The van der Waals surface area contributed by atoms with Crippen LogP contribution in [0.1, 0.15) is 28.4 Å². The van der Waals surface area contributed by atoms with Crippen molar-refractivity contribution in [1.82, 2.24) is 0 Å². The minimum absolute atomic E-state index is 0.617. The molecule has 0 saturated carbocycles. The van der Waals surface area contributed by atoms with Crippen molar-refractivity contribution in [3.8, 4) is 0 Å². The smallest absolute Gasteiger partial charge is 0.104 e. The Labute approximate surface area is 107 Å². The van der Waals surface area contributed by atoms with Gasteiger partial charge in [0, 0.05) is 5.02 Å². The minimum Gasteiger partial charge on any atom is -0.384 e. The van der Waals surface area contributed by atoms with Crippen LogP contribution in [0, 0.1) is 13.8 Å². The van der Waals surface area contributed by atoms with E-state index in [9.17, 15) is 5.11 Å². The lowest BCUT2D eigenvalue weighted by Gasteiger charge is -2.15. The van der Waals surface area contributed by atoms with Crippen LogP contribution in [0.2, 0.25) is 5.02 Å². The second-order valence-electron chi connectivity index (χ2n) is 4.32. The molecule has 2 rings (SSSR count). The third kappa shape index (κ3) is 2.68. The zero-order chi connectivity index (χ0) is 12.4. The first kappa shape index (κ1) is 12.2. The van der Waals surface area contributed by atoms with Gasteiger partial charge in [-0.25, -0.2) is 0 Å². The second-order valence-corrected chi connectivity index (χ2v) is 4.75. The van der Waals surface area contributed by atoms with Crippen molar-refractivity contribution in [3.05, 3.63) is 69.7 Å². The van der Waals surface area contributed by atoms with Gasteiger partial charge in [0.1, 0.15) is 6.10 Å². The van der Waals surface area contributed by atoms with Gasteiger partial charge >= 0.3 is 0 Å². The van der Waals surface area contributed by atoms with Crippen LogP contribution in [-0.2, 0) is 0 Å². The van der Waals surface area contributed by atoms with Gasteiger partial charge in [-0.3, -0.25) is 0 Å². The van der Waals surface area contributed by atoms with Crippen molar-refractivity contribution in [1.29, 1.82) is 0 Å². The van der Waals surface area contributed by atoms with E-state index in [-0.39, 0.29) is 0 Å². The minimum atomic E-state index is -0.617. The molecule has 0 aromatic heterocycles. The first-order valence-electron chi connectivity index (χ1n) is 5.58. The fraction of sp³-hybridized carbons (Fsp3) is 0.200. The van der Waals surface area contributed by atoms with Crippen molar-refractivity contribution >= 4 is 11.6 Å². The van der Waals surface area contributed by atoms with Crippen LogP contribution in [0.4, 0.5) is 0 Å². The number of rotatable bonds is 2. The number of benzene rings is 2. The lowest BCUT2D eigenvalue weighted by molar-refractivity contribution is 0.219. The molecule has 0 bridgehead atoms. The Balaban J connectivity index is 2.43. The predicted octanol–water partition coefficient (Wildman–Crippen LogP) is 4.04. The van der Waals surface area contributed by atoms with E-state index in [0.29, 0.717) is 5.02 Å². The van der Waals surface area contributed by atoms with Crippen LogP contribution >= 0.6 is 11.6 Å². The predicted molar refractivity (Wildman–Crippen MR) is 71.4 cm³/mol. The quantitative estimate of drug-likeness (QED) is 0.848. The first-order valence-corrected chi connectivity index (χ1v) is 5.96. The van der Waals surface area contributed by atoms with Crippen LogP contribution in [0.3, 0.4) is 0 Å². The lowest BCUT2D eigenvalue weighted by atomic mass is 9.96. The van der Waals surface area contributed by atoms with Crippen molar-refractivity contribution in [2.75, 3.05) is 0 Å². The molecule has 0 aliphatic carbocycles. The number of hydrogen-bond donors (Lipinski definition) is 1. The van der Waals surface area contributed by atoms with E-state index in [4.69, 9.17) is 11.6 Å². The zero-order valence-corrected chi connectivity index (χ0v) is 10.7. The van der Waals surface area contributed by atoms with Gasteiger partial charge in [0.15, 0.2) is 0 Å². The van der Waals surface area contributed by atoms with Gasteiger partial charge in [-0.15, -0.1) is 0 Å². The van der Waals surface area contributed by atoms with E-state index < -0.39 is 6.10 Å². The highest BCUT2D eigenvalue weighted by atomic mass is 35.5. The Kier molecular flexibility index (Phi) is 3.51. The van der Waals surface area contributed by atoms with Crippen molar-refractivity contribution < 1.29 is 5.11 Å². The van der Waals surface area contributed by atoms with Gasteiger partial charge < -0.3 is 5.11 Å². The van der Waals surface area contributed by atoms with Crippen molar-refractivity contribution in [2.45, 2.75) is 20.0 Å². The Bertz CT molecular complexity index is 534. The monoisotopic (exact) mass is 246 g/mol. The van der Waals surface area contributed by atoms with E-state index in [1.54, 1.807) is 12.1 Å². The topological polar surface area (TPSA) is 20.2 Å². The lowest BCUT2D eigenvalue weighted by Crippen LogP contribution is -2.02. The highest BCUT2D eigenvalue weighted by Gasteiger charge is 2.13. The van der Waals surface area contributed by atoms with Gasteiger partial charge in [-0.1, -0.05) is 47.5 Å². The Morgan fingerprint density at radius 2 is 1.82 bits per heavy atom. The fourth-order valence-electron chi connectivity index (χ4n) is 1.91. The van der Waals surface area contributed by atoms with E-state index in [1.807, 2.05) is 44.2 Å². The highest BCUT2D eigenvalue weighted by Crippen LogP contribution is 2.27. The summed E-state index contributed by atoms with van der Waals surface area (Å²) in [7, 11) is 0. The summed E-state index contributed by atoms with van der Waals surface area (Å²) < 4.78 is 0. The molecule has 0 unspecified atom stereocenters. The van der Waals surface area contributed by atoms with Crippen LogP contribution in [0.25, 0.3) is 0 Å². The van der Waals surface area contributed by atoms with Gasteiger partial charge in [0.05, 0.1) is 0 Å². The molecule has 2 aromatic rings. The molecule has 1 atom stereocenters. The summed E-state index contributed by atoms with van der Waals surface area (Å²) in [6, 6.07) is 13.4.